The number of benzene rings is 2. The number of allylic oxidation sites excluding steroid dienone is 8. The molecule has 0 amide bonds. The monoisotopic (exact) mass is 350 g/mol. The molecule has 3 aliphatic carbocycles. The smallest absolute Gasteiger partial charge is 0.00701 e. The van der Waals surface area contributed by atoms with Gasteiger partial charge in [0.15, 0.2) is 0 Å². The van der Waals surface area contributed by atoms with Crippen molar-refractivity contribution in [1.82, 2.24) is 0 Å². The summed E-state index contributed by atoms with van der Waals surface area (Å²) in [5.74, 6) is 0. The summed E-state index contributed by atoms with van der Waals surface area (Å²) in [6, 6.07) is 9.07. The van der Waals surface area contributed by atoms with Gasteiger partial charge in [-0.25, -0.2) is 0 Å². The van der Waals surface area contributed by atoms with Crippen LogP contribution in [0.4, 0.5) is 0 Å². The Morgan fingerprint density at radius 1 is 0.667 bits per heavy atom. The van der Waals surface area contributed by atoms with Crippen LogP contribution in [0.15, 0.2) is 60.2 Å². The summed E-state index contributed by atoms with van der Waals surface area (Å²) in [5.41, 5.74) is 7.45. The first-order valence-electron chi connectivity index (χ1n) is 10.3. The molecule has 0 spiro atoms. The van der Waals surface area contributed by atoms with Crippen LogP contribution in [0.3, 0.4) is 0 Å². The molecule has 27 heavy (non-hydrogen) atoms. The van der Waals surface area contributed by atoms with Crippen molar-refractivity contribution in [3.63, 3.8) is 0 Å². The summed E-state index contributed by atoms with van der Waals surface area (Å²) in [7, 11) is 0. The zero-order valence-electron chi connectivity index (χ0n) is 16.1. The van der Waals surface area contributed by atoms with Crippen molar-refractivity contribution in [2.45, 2.75) is 45.4 Å². The molecule has 0 fully saturated rings. The molecule has 0 heteroatoms. The molecule has 0 saturated carbocycles. The fourth-order valence-corrected chi connectivity index (χ4v) is 4.81. The zero-order chi connectivity index (χ0) is 18.2. The van der Waals surface area contributed by atoms with Gasteiger partial charge in [0.05, 0.1) is 0 Å². The van der Waals surface area contributed by atoms with Crippen LogP contribution in [0.25, 0.3) is 34.1 Å². The summed E-state index contributed by atoms with van der Waals surface area (Å²) in [6.45, 7) is 2.24. The first-order valence-corrected chi connectivity index (χ1v) is 10.3. The molecular formula is C27H26. The van der Waals surface area contributed by atoms with Crippen LogP contribution in [0.5, 0.6) is 0 Å². The third kappa shape index (κ3) is 2.84. The quantitative estimate of drug-likeness (QED) is 0.618. The van der Waals surface area contributed by atoms with E-state index in [1.54, 1.807) is 0 Å². The first kappa shape index (κ1) is 16.6. The van der Waals surface area contributed by atoms with E-state index < -0.39 is 0 Å². The average Bonchev–Trinajstić information content (AvgIpc) is 2.73. The Hall–Kier alpha value is -2.60. The van der Waals surface area contributed by atoms with Gasteiger partial charge in [0.25, 0.3) is 0 Å². The van der Waals surface area contributed by atoms with E-state index in [1.807, 2.05) is 0 Å². The highest BCUT2D eigenvalue weighted by Gasteiger charge is 2.18. The number of hydrogen-bond donors (Lipinski definition) is 0. The number of hydrogen-bond acceptors (Lipinski definition) is 0. The summed E-state index contributed by atoms with van der Waals surface area (Å²) in [4.78, 5) is 0. The molecular weight excluding hydrogens is 324 g/mol. The minimum absolute atomic E-state index is 1.14. The highest BCUT2D eigenvalue weighted by Crippen LogP contribution is 2.33. The maximum absolute atomic E-state index is 2.49. The number of fused-ring (bicyclic) bond motifs is 2. The molecule has 0 unspecified atom stereocenters. The maximum atomic E-state index is 2.49. The van der Waals surface area contributed by atoms with Gasteiger partial charge >= 0.3 is 0 Å². The topological polar surface area (TPSA) is 0 Å². The summed E-state index contributed by atoms with van der Waals surface area (Å²) >= 11 is 0. The fraction of sp³-hybridized carbons (Fsp3) is 0.259. The van der Waals surface area contributed by atoms with Gasteiger partial charge in [-0.2, -0.15) is 0 Å². The van der Waals surface area contributed by atoms with Crippen molar-refractivity contribution in [3.8, 4) is 0 Å². The van der Waals surface area contributed by atoms with E-state index in [1.165, 1.54) is 55.5 Å². The molecule has 0 radical (unpaired) electrons. The molecule has 0 bridgehead atoms. The molecule has 3 aliphatic rings. The molecule has 0 aliphatic heterocycles. The highest BCUT2D eigenvalue weighted by molar-refractivity contribution is 6.02. The van der Waals surface area contributed by atoms with Gasteiger partial charge in [0, 0.05) is 0 Å². The van der Waals surface area contributed by atoms with Crippen molar-refractivity contribution in [1.29, 1.82) is 0 Å². The molecule has 0 saturated heterocycles. The molecule has 0 N–H and O–H groups in total. The molecule has 0 nitrogen and oxygen atoms in total. The molecule has 0 atom stereocenters. The summed E-state index contributed by atoms with van der Waals surface area (Å²) in [5, 5.41) is 5.80. The third-order valence-corrected chi connectivity index (χ3v) is 6.17. The predicted octanol–water partition coefficient (Wildman–Crippen LogP) is 6.05. The second-order valence-electron chi connectivity index (χ2n) is 7.97. The normalized spacial score (nSPS) is 18.8. The van der Waals surface area contributed by atoms with E-state index in [0.29, 0.717) is 0 Å². The fourth-order valence-electron chi connectivity index (χ4n) is 4.81. The summed E-state index contributed by atoms with van der Waals surface area (Å²) in [6.07, 6.45) is 23.4. The first-order chi connectivity index (χ1) is 13.3. The van der Waals surface area contributed by atoms with Gasteiger partial charge in [0.2, 0.25) is 0 Å². The van der Waals surface area contributed by atoms with Gasteiger partial charge in [-0.3, -0.25) is 0 Å². The Bertz CT molecular complexity index is 1160. The largest absolute Gasteiger partial charge is 0.0842 e. The minimum Gasteiger partial charge on any atom is -0.0842 e. The lowest BCUT2D eigenvalue weighted by molar-refractivity contribution is 0.975. The van der Waals surface area contributed by atoms with E-state index >= 15 is 0 Å². The van der Waals surface area contributed by atoms with Crippen molar-refractivity contribution >= 4 is 34.1 Å². The second kappa shape index (κ2) is 6.85. The molecule has 5 rings (SSSR count). The van der Waals surface area contributed by atoms with Crippen LogP contribution in [0.2, 0.25) is 0 Å². The lowest BCUT2D eigenvalue weighted by Crippen LogP contribution is -2.34. The molecule has 0 aromatic heterocycles. The molecule has 2 aromatic rings. The number of rotatable bonds is 2. The van der Waals surface area contributed by atoms with Gasteiger partial charge in [-0.15, -0.1) is 0 Å². The Morgan fingerprint density at radius 2 is 1.33 bits per heavy atom. The van der Waals surface area contributed by atoms with Crippen LogP contribution < -0.4 is 10.4 Å². The standard InChI is InChI=1S/C27H26/c1-19-15-17-21(18-16-19)27-24-13-7-5-11-22(24)26(20-9-3-2-4-10-20)23-12-6-8-14-25(23)27/h2-3,5,7,9,11-15,17H,4,6,8,10,16,18H2,1H3. The van der Waals surface area contributed by atoms with Crippen molar-refractivity contribution < 1.29 is 0 Å². The molecule has 2 aromatic carbocycles. The van der Waals surface area contributed by atoms with Crippen LogP contribution >= 0.6 is 0 Å². The van der Waals surface area contributed by atoms with E-state index in [4.69, 9.17) is 0 Å². The van der Waals surface area contributed by atoms with Crippen LogP contribution in [-0.2, 0) is 0 Å². The van der Waals surface area contributed by atoms with Gasteiger partial charge in [0.1, 0.15) is 0 Å². The van der Waals surface area contributed by atoms with Crippen LogP contribution in [-0.4, -0.2) is 0 Å². The Labute approximate surface area is 161 Å². The van der Waals surface area contributed by atoms with Crippen molar-refractivity contribution in [2.24, 2.45) is 0 Å². The van der Waals surface area contributed by atoms with Gasteiger partial charge in [-0.1, -0.05) is 72.4 Å². The van der Waals surface area contributed by atoms with E-state index in [0.717, 1.165) is 32.1 Å². The lowest BCUT2D eigenvalue weighted by atomic mass is 9.82. The Balaban J connectivity index is 1.92. The van der Waals surface area contributed by atoms with Gasteiger partial charge < -0.3 is 0 Å². The Kier molecular flexibility index (Phi) is 4.20. The third-order valence-electron chi connectivity index (χ3n) is 6.17. The highest BCUT2D eigenvalue weighted by atomic mass is 14.2. The van der Waals surface area contributed by atoms with Crippen molar-refractivity contribution in [2.75, 3.05) is 0 Å². The van der Waals surface area contributed by atoms with Gasteiger partial charge in [-0.05, 0) is 88.9 Å². The van der Waals surface area contributed by atoms with E-state index in [2.05, 4.69) is 73.7 Å². The maximum Gasteiger partial charge on any atom is -0.00701 e. The molecule has 0 heterocycles. The summed E-state index contributed by atoms with van der Waals surface area (Å²) < 4.78 is 0. The molecule has 134 valence electrons. The van der Waals surface area contributed by atoms with Crippen LogP contribution in [0.1, 0.15) is 56.6 Å². The van der Waals surface area contributed by atoms with Crippen LogP contribution in [0, 0.1) is 0 Å². The Morgan fingerprint density at radius 3 is 1.89 bits per heavy atom. The zero-order valence-corrected chi connectivity index (χ0v) is 16.1. The average molecular weight is 351 g/mol. The van der Waals surface area contributed by atoms with Crippen molar-refractivity contribution in [3.05, 3.63) is 81.8 Å². The minimum atomic E-state index is 1.14. The lowest BCUT2D eigenvalue weighted by Gasteiger charge is -2.22. The predicted molar refractivity (Wildman–Crippen MR) is 119 cm³/mol. The van der Waals surface area contributed by atoms with E-state index in [9.17, 15) is 0 Å². The van der Waals surface area contributed by atoms with E-state index in [-0.39, 0.29) is 0 Å². The SMILES string of the molecule is CC1=CC=C(c2c3c(c(C4=CC=CCC4)c4ccccc24)=CCCC=3)CC1. The second-order valence-corrected chi connectivity index (χ2v) is 7.97.